The Hall–Kier alpha value is -3.07. The minimum Gasteiger partial charge on any atom is -0.354 e. The zero-order chi connectivity index (χ0) is 29.4. The van der Waals surface area contributed by atoms with Crippen LogP contribution in [0.1, 0.15) is 43.4 Å². The average Bonchev–Trinajstić information content (AvgIpc) is 2.91. The number of carbonyl (C=O) groups excluding carboxylic acids is 2. The lowest BCUT2D eigenvalue weighted by Crippen LogP contribution is -2.52. The Balaban J connectivity index is 2.08. The molecule has 0 unspecified atom stereocenters. The van der Waals surface area contributed by atoms with Gasteiger partial charge in [0.2, 0.25) is 11.8 Å². The second-order valence-corrected chi connectivity index (χ2v) is 12.4. The van der Waals surface area contributed by atoms with Gasteiger partial charge in [-0.25, -0.2) is 8.42 Å². The number of sulfonamides is 1. The number of hydrogen-bond donors (Lipinski definition) is 1. The maximum absolute atomic E-state index is 14.1. The summed E-state index contributed by atoms with van der Waals surface area (Å²) in [6.45, 7) is 7.62. The summed E-state index contributed by atoms with van der Waals surface area (Å²) in [5.41, 5.74) is 2.91. The van der Waals surface area contributed by atoms with Gasteiger partial charge in [-0.3, -0.25) is 13.9 Å². The normalized spacial score (nSPS) is 12.1. The standard InChI is InChI=1S/C30H35Cl2N3O4S/c1-5-15-33-30(37)28(6-2)34(19-23-11-7-21(3)8-12-23)29(36)20-35(26-17-24(31)16-25(32)18-26)40(38,39)27-13-9-22(4)10-14-27/h7-14,16-18,28H,5-6,15,19-20H2,1-4H3,(H,33,37)/t28-/m0/s1. The number of hydrogen-bond acceptors (Lipinski definition) is 4. The minimum atomic E-state index is -4.21. The Kier molecular flexibility index (Phi) is 11.0. The topological polar surface area (TPSA) is 86.8 Å². The third-order valence-electron chi connectivity index (χ3n) is 6.43. The van der Waals surface area contributed by atoms with Gasteiger partial charge in [0.05, 0.1) is 10.6 Å². The summed E-state index contributed by atoms with van der Waals surface area (Å²) < 4.78 is 28.8. The van der Waals surface area contributed by atoms with Crippen LogP contribution in [0.3, 0.4) is 0 Å². The molecule has 3 aromatic carbocycles. The molecule has 0 fully saturated rings. The van der Waals surface area contributed by atoms with E-state index in [1.807, 2.05) is 52.0 Å². The molecular weight excluding hydrogens is 569 g/mol. The smallest absolute Gasteiger partial charge is 0.264 e. The molecule has 0 aliphatic carbocycles. The van der Waals surface area contributed by atoms with Crippen LogP contribution < -0.4 is 9.62 Å². The molecule has 7 nitrogen and oxygen atoms in total. The molecule has 0 saturated heterocycles. The highest BCUT2D eigenvalue weighted by molar-refractivity contribution is 7.92. The van der Waals surface area contributed by atoms with Crippen molar-refractivity contribution in [3.63, 3.8) is 0 Å². The Bertz CT molecular complexity index is 1410. The van der Waals surface area contributed by atoms with E-state index in [9.17, 15) is 18.0 Å². The first-order valence-electron chi connectivity index (χ1n) is 13.1. The van der Waals surface area contributed by atoms with E-state index < -0.39 is 28.5 Å². The number of benzene rings is 3. The van der Waals surface area contributed by atoms with E-state index >= 15 is 0 Å². The minimum absolute atomic E-state index is 0.0137. The molecular formula is C30H35Cl2N3O4S. The summed E-state index contributed by atoms with van der Waals surface area (Å²) in [6, 6.07) is 17.6. The summed E-state index contributed by atoms with van der Waals surface area (Å²) in [5.74, 6) is -0.825. The van der Waals surface area contributed by atoms with Gasteiger partial charge in [0.25, 0.3) is 10.0 Å². The lowest BCUT2D eigenvalue weighted by molar-refractivity contribution is -0.140. The van der Waals surface area contributed by atoms with E-state index in [2.05, 4.69) is 5.32 Å². The van der Waals surface area contributed by atoms with Crippen molar-refractivity contribution in [2.45, 2.75) is 58.0 Å². The Labute approximate surface area is 247 Å². The van der Waals surface area contributed by atoms with Gasteiger partial charge in [-0.05, 0) is 62.6 Å². The third kappa shape index (κ3) is 7.99. The van der Waals surface area contributed by atoms with Gasteiger partial charge in [-0.2, -0.15) is 0 Å². The molecule has 40 heavy (non-hydrogen) atoms. The van der Waals surface area contributed by atoms with Crippen molar-refractivity contribution >= 4 is 50.7 Å². The lowest BCUT2D eigenvalue weighted by Gasteiger charge is -2.33. The predicted molar refractivity (Wildman–Crippen MR) is 161 cm³/mol. The SMILES string of the molecule is CCCNC(=O)[C@H](CC)N(Cc1ccc(C)cc1)C(=O)CN(c1cc(Cl)cc(Cl)c1)S(=O)(=O)c1ccc(C)cc1. The van der Waals surface area contributed by atoms with Gasteiger partial charge in [-0.1, -0.05) is 84.6 Å². The molecule has 3 rings (SSSR count). The van der Waals surface area contributed by atoms with Crippen LogP contribution in [0.15, 0.2) is 71.6 Å². The predicted octanol–water partition coefficient (Wildman–Crippen LogP) is 6.14. The highest BCUT2D eigenvalue weighted by Gasteiger charge is 2.33. The summed E-state index contributed by atoms with van der Waals surface area (Å²) >= 11 is 12.5. The lowest BCUT2D eigenvalue weighted by atomic mass is 10.1. The molecule has 0 radical (unpaired) electrons. The fraction of sp³-hybridized carbons (Fsp3) is 0.333. The molecule has 0 aromatic heterocycles. The van der Waals surface area contributed by atoms with Crippen molar-refractivity contribution in [1.82, 2.24) is 10.2 Å². The second-order valence-electron chi connectivity index (χ2n) is 9.67. The number of nitrogens with zero attached hydrogens (tertiary/aromatic N) is 2. The molecule has 0 bridgehead atoms. The largest absolute Gasteiger partial charge is 0.354 e. The summed E-state index contributed by atoms with van der Waals surface area (Å²) in [7, 11) is -4.21. The first kappa shape index (κ1) is 31.5. The van der Waals surface area contributed by atoms with E-state index in [1.54, 1.807) is 12.1 Å². The van der Waals surface area contributed by atoms with Gasteiger partial charge in [0, 0.05) is 23.1 Å². The summed E-state index contributed by atoms with van der Waals surface area (Å²) in [6.07, 6.45) is 1.09. The average molecular weight is 605 g/mol. The van der Waals surface area contributed by atoms with Gasteiger partial charge in [-0.15, -0.1) is 0 Å². The van der Waals surface area contributed by atoms with Crippen LogP contribution in [0.4, 0.5) is 5.69 Å². The highest BCUT2D eigenvalue weighted by atomic mass is 35.5. The van der Waals surface area contributed by atoms with Gasteiger partial charge >= 0.3 is 0 Å². The van der Waals surface area contributed by atoms with Crippen molar-refractivity contribution in [3.8, 4) is 0 Å². The Morgan fingerprint density at radius 3 is 1.95 bits per heavy atom. The molecule has 3 aromatic rings. The zero-order valence-electron chi connectivity index (χ0n) is 23.2. The summed E-state index contributed by atoms with van der Waals surface area (Å²) in [5, 5.41) is 3.32. The Morgan fingerprint density at radius 2 is 1.43 bits per heavy atom. The van der Waals surface area contributed by atoms with Crippen molar-refractivity contribution in [1.29, 1.82) is 0 Å². The van der Waals surface area contributed by atoms with E-state index in [0.717, 1.165) is 27.4 Å². The van der Waals surface area contributed by atoms with Crippen LogP contribution in [-0.2, 0) is 26.2 Å². The van der Waals surface area contributed by atoms with Gasteiger partial charge in [0.1, 0.15) is 12.6 Å². The molecule has 0 saturated carbocycles. The maximum atomic E-state index is 14.1. The number of carbonyl (C=O) groups is 2. The number of amides is 2. The molecule has 1 N–H and O–H groups in total. The van der Waals surface area contributed by atoms with E-state index in [-0.39, 0.29) is 33.1 Å². The number of rotatable bonds is 12. The third-order valence-corrected chi connectivity index (χ3v) is 8.66. The number of anilines is 1. The number of halogens is 2. The second kappa shape index (κ2) is 14.0. The highest BCUT2D eigenvalue weighted by Crippen LogP contribution is 2.30. The van der Waals surface area contributed by atoms with Gasteiger partial charge in [0.15, 0.2) is 0 Å². The van der Waals surface area contributed by atoms with Crippen LogP contribution in [-0.4, -0.2) is 44.3 Å². The van der Waals surface area contributed by atoms with Crippen LogP contribution in [0, 0.1) is 13.8 Å². The summed E-state index contributed by atoms with van der Waals surface area (Å²) in [4.78, 5) is 28.7. The van der Waals surface area contributed by atoms with Crippen molar-refractivity contribution in [2.75, 3.05) is 17.4 Å². The van der Waals surface area contributed by atoms with Crippen LogP contribution >= 0.6 is 23.2 Å². The molecule has 1 atom stereocenters. The molecule has 214 valence electrons. The van der Waals surface area contributed by atoms with Crippen molar-refractivity contribution < 1.29 is 18.0 Å². The molecule has 0 spiro atoms. The first-order valence-corrected chi connectivity index (χ1v) is 15.3. The fourth-order valence-corrected chi connectivity index (χ4v) is 6.14. The van der Waals surface area contributed by atoms with E-state index in [0.29, 0.717) is 13.0 Å². The number of aryl methyl sites for hydroxylation is 2. The van der Waals surface area contributed by atoms with Crippen LogP contribution in [0.2, 0.25) is 10.0 Å². The quantitative estimate of drug-likeness (QED) is 0.269. The Morgan fingerprint density at radius 1 is 0.875 bits per heavy atom. The molecule has 2 amide bonds. The number of nitrogens with one attached hydrogen (secondary N) is 1. The zero-order valence-corrected chi connectivity index (χ0v) is 25.5. The van der Waals surface area contributed by atoms with Gasteiger partial charge < -0.3 is 10.2 Å². The first-order chi connectivity index (χ1) is 19.0. The van der Waals surface area contributed by atoms with Crippen LogP contribution in [0.25, 0.3) is 0 Å². The molecule has 0 heterocycles. The monoisotopic (exact) mass is 603 g/mol. The molecule has 0 aliphatic heterocycles. The van der Waals surface area contributed by atoms with E-state index in [4.69, 9.17) is 23.2 Å². The van der Waals surface area contributed by atoms with Crippen molar-refractivity contribution in [3.05, 3.63) is 93.5 Å². The molecule has 0 aliphatic rings. The fourth-order valence-electron chi connectivity index (χ4n) is 4.23. The van der Waals surface area contributed by atoms with Crippen molar-refractivity contribution in [2.24, 2.45) is 0 Å². The van der Waals surface area contributed by atoms with Crippen LogP contribution in [0.5, 0.6) is 0 Å². The van der Waals surface area contributed by atoms with E-state index in [1.165, 1.54) is 35.2 Å². The molecule has 10 heteroatoms. The maximum Gasteiger partial charge on any atom is 0.264 e.